The van der Waals surface area contributed by atoms with Gasteiger partial charge in [0.2, 0.25) is 0 Å². The summed E-state index contributed by atoms with van der Waals surface area (Å²) in [5.74, 6) is -0.366. The smallest absolute Gasteiger partial charge is 0.334 e. The molecule has 34 heavy (non-hydrogen) atoms. The van der Waals surface area contributed by atoms with Crippen LogP contribution in [0.4, 0.5) is 14.6 Å². The number of anilines is 1. The Kier molecular flexibility index (Phi) is 5.98. The van der Waals surface area contributed by atoms with Gasteiger partial charge in [-0.3, -0.25) is 9.45 Å². The summed E-state index contributed by atoms with van der Waals surface area (Å²) in [6, 6.07) is 4.87. The molecule has 0 bridgehead atoms. The van der Waals surface area contributed by atoms with Crippen molar-refractivity contribution in [1.82, 2.24) is 24.2 Å². The van der Waals surface area contributed by atoms with Gasteiger partial charge in [-0.25, -0.2) is 18.3 Å². The molecule has 0 aliphatic carbocycles. The number of fused-ring (bicyclic) bond motifs is 1. The lowest BCUT2D eigenvalue weighted by molar-refractivity contribution is 0.104. The van der Waals surface area contributed by atoms with Crippen LogP contribution in [-0.4, -0.2) is 62.9 Å². The second kappa shape index (κ2) is 8.82. The average molecular weight is 495 g/mol. The maximum Gasteiger partial charge on any atom is 0.334 e. The van der Waals surface area contributed by atoms with E-state index in [9.17, 15) is 22.3 Å². The molecule has 0 amide bonds. The summed E-state index contributed by atoms with van der Waals surface area (Å²) in [4.78, 5) is 8.37. The zero-order valence-electron chi connectivity index (χ0n) is 18.0. The van der Waals surface area contributed by atoms with Crippen LogP contribution in [0.3, 0.4) is 0 Å². The van der Waals surface area contributed by atoms with Crippen LogP contribution < -0.4 is 9.62 Å². The topological polar surface area (TPSA) is 123 Å². The normalized spacial score (nSPS) is 23.9. The maximum absolute atomic E-state index is 14.5. The number of likely N-dealkylation sites (tertiary alicyclic amines) is 1. The van der Waals surface area contributed by atoms with Gasteiger partial charge in [0.15, 0.2) is 5.65 Å². The summed E-state index contributed by atoms with van der Waals surface area (Å²) in [5.41, 5.74) is 1.50. The van der Waals surface area contributed by atoms with E-state index in [-0.39, 0.29) is 18.2 Å². The second-order valence-electron chi connectivity index (χ2n) is 8.61. The van der Waals surface area contributed by atoms with Crippen molar-refractivity contribution in [2.24, 2.45) is 0 Å². The molecule has 2 aliphatic rings. The van der Waals surface area contributed by atoms with Crippen LogP contribution in [0.1, 0.15) is 36.4 Å². The number of benzene rings is 1. The monoisotopic (exact) mass is 494 g/mol. The quantitative estimate of drug-likeness (QED) is 0.442. The number of aromatic nitrogens is 3. The van der Waals surface area contributed by atoms with Crippen molar-refractivity contribution in [2.45, 2.75) is 44.1 Å². The minimum Gasteiger partial charge on any atom is -0.390 e. The van der Waals surface area contributed by atoms with Gasteiger partial charge in [-0.15, -0.1) is 0 Å². The zero-order chi connectivity index (χ0) is 24.0. The van der Waals surface area contributed by atoms with Crippen molar-refractivity contribution < 1.29 is 26.9 Å². The van der Waals surface area contributed by atoms with Crippen molar-refractivity contribution in [3.8, 4) is 0 Å². The summed E-state index contributed by atoms with van der Waals surface area (Å²) < 4.78 is 63.7. The minimum atomic E-state index is -4.50. The lowest BCUT2D eigenvalue weighted by Crippen LogP contribution is -2.48. The molecule has 3 atom stereocenters. The Hall–Kier alpha value is -2.71. The lowest BCUT2D eigenvalue weighted by atomic mass is 10.0. The number of nitrogens with one attached hydrogen (secondary N) is 1. The number of hydrogen-bond donors (Lipinski definition) is 3. The van der Waals surface area contributed by atoms with E-state index in [0.717, 1.165) is 18.6 Å². The summed E-state index contributed by atoms with van der Waals surface area (Å²) in [6.45, 7) is 1.26. The van der Waals surface area contributed by atoms with Crippen molar-refractivity contribution in [3.63, 3.8) is 0 Å². The van der Waals surface area contributed by atoms with E-state index in [1.54, 1.807) is 27.9 Å². The first-order valence-electron chi connectivity index (χ1n) is 10.9. The van der Waals surface area contributed by atoms with Crippen molar-refractivity contribution in [1.29, 1.82) is 0 Å². The summed E-state index contributed by atoms with van der Waals surface area (Å²) in [5, 5.41) is 14.5. The lowest BCUT2D eigenvalue weighted by Gasteiger charge is -2.27. The molecule has 3 N–H and O–H groups in total. The number of aliphatic hydroxyl groups excluding tert-OH is 1. The standard InChI is InChI=1S/C21H24F2N6O4S/c22-14-3-4-16(23)15(10-14)17-2-1-7-28(17)19-6-9-29-20(25-19)13(11-24-29)12-27-8-5-18(30)21(27)26-34(31,32)33/h3-4,6,9-11,17-18,21,26,30H,1-2,5,7-8,12H2,(H,31,32,33)/t17-,18+,21?/m1/s1. The number of nitrogens with zero attached hydrogens (tertiary/aromatic N) is 5. The fourth-order valence-corrected chi connectivity index (χ4v) is 5.46. The van der Waals surface area contributed by atoms with Crippen molar-refractivity contribution in [3.05, 3.63) is 59.4 Å². The van der Waals surface area contributed by atoms with Gasteiger partial charge in [0.1, 0.15) is 23.6 Å². The molecule has 2 fully saturated rings. The molecule has 3 aromatic rings. The molecule has 1 unspecified atom stereocenters. The molecule has 10 nitrogen and oxygen atoms in total. The molecule has 182 valence electrons. The number of rotatable bonds is 6. The number of aliphatic hydroxyl groups is 1. The first kappa shape index (κ1) is 23.1. The average Bonchev–Trinajstić information content (AvgIpc) is 3.50. The summed E-state index contributed by atoms with van der Waals surface area (Å²) in [7, 11) is -4.50. The van der Waals surface area contributed by atoms with Crippen LogP contribution in [0.2, 0.25) is 0 Å². The van der Waals surface area contributed by atoms with Gasteiger partial charge in [0.25, 0.3) is 0 Å². The highest BCUT2D eigenvalue weighted by atomic mass is 32.2. The highest BCUT2D eigenvalue weighted by Crippen LogP contribution is 2.37. The van der Waals surface area contributed by atoms with Crippen LogP contribution in [0, 0.1) is 11.6 Å². The van der Waals surface area contributed by atoms with Crippen LogP contribution in [-0.2, 0) is 16.8 Å². The van der Waals surface area contributed by atoms with E-state index in [0.29, 0.717) is 43.0 Å². The largest absolute Gasteiger partial charge is 0.390 e. The van der Waals surface area contributed by atoms with Gasteiger partial charge < -0.3 is 10.0 Å². The predicted molar refractivity (Wildman–Crippen MR) is 118 cm³/mol. The second-order valence-corrected chi connectivity index (χ2v) is 9.79. The molecule has 2 aliphatic heterocycles. The molecule has 5 rings (SSSR count). The third-order valence-corrected chi connectivity index (χ3v) is 6.94. The van der Waals surface area contributed by atoms with Crippen LogP contribution in [0.25, 0.3) is 5.65 Å². The summed E-state index contributed by atoms with van der Waals surface area (Å²) >= 11 is 0. The van der Waals surface area contributed by atoms with Crippen LogP contribution in [0.5, 0.6) is 0 Å². The fourth-order valence-electron chi connectivity index (χ4n) is 4.85. The molecule has 13 heteroatoms. The Bertz CT molecular complexity index is 1320. The maximum atomic E-state index is 14.5. The SMILES string of the molecule is O=S(=O)(O)NC1[C@@H](O)CCN1Cc1cnn2ccc(N3CCC[C@@H]3c3cc(F)ccc3F)nc12. The molecule has 2 saturated heterocycles. The predicted octanol–water partition coefficient (Wildman–Crippen LogP) is 1.63. The molecular formula is C21H24F2N6O4S. The molecule has 0 saturated carbocycles. The first-order valence-corrected chi connectivity index (χ1v) is 12.4. The van der Waals surface area contributed by atoms with E-state index in [2.05, 4.69) is 9.82 Å². The molecule has 4 heterocycles. The zero-order valence-corrected chi connectivity index (χ0v) is 18.9. The first-order chi connectivity index (χ1) is 16.2. The van der Waals surface area contributed by atoms with Gasteiger partial charge in [0, 0.05) is 37.0 Å². The third kappa shape index (κ3) is 4.49. The highest BCUT2D eigenvalue weighted by Gasteiger charge is 2.36. The van der Waals surface area contributed by atoms with E-state index >= 15 is 0 Å². The van der Waals surface area contributed by atoms with Crippen LogP contribution in [0.15, 0.2) is 36.7 Å². The van der Waals surface area contributed by atoms with E-state index < -0.39 is 34.2 Å². The Morgan fingerprint density at radius 2 is 2.00 bits per heavy atom. The van der Waals surface area contributed by atoms with E-state index in [1.165, 1.54) is 6.07 Å². The fraction of sp³-hybridized carbons (Fsp3) is 0.429. The number of hydrogen-bond acceptors (Lipinski definition) is 7. The molecule has 1 aromatic carbocycles. The van der Waals surface area contributed by atoms with Crippen molar-refractivity contribution >= 4 is 21.8 Å². The van der Waals surface area contributed by atoms with E-state index in [1.807, 2.05) is 4.90 Å². The van der Waals surface area contributed by atoms with Crippen molar-refractivity contribution in [2.75, 3.05) is 18.0 Å². The summed E-state index contributed by atoms with van der Waals surface area (Å²) in [6.07, 6.45) is 3.17. The van der Waals surface area contributed by atoms with Crippen LogP contribution >= 0.6 is 0 Å². The van der Waals surface area contributed by atoms with Gasteiger partial charge >= 0.3 is 10.3 Å². The Labute approximate surface area is 194 Å². The molecule has 0 radical (unpaired) electrons. The van der Waals surface area contributed by atoms with Gasteiger partial charge in [-0.1, -0.05) is 0 Å². The molecule has 0 spiro atoms. The molecule has 2 aromatic heterocycles. The minimum absolute atomic E-state index is 0.228. The van der Waals surface area contributed by atoms with E-state index in [4.69, 9.17) is 9.54 Å². The highest BCUT2D eigenvalue weighted by molar-refractivity contribution is 7.83. The van der Waals surface area contributed by atoms with Gasteiger partial charge in [0.05, 0.1) is 18.3 Å². The Morgan fingerprint density at radius 1 is 1.18 bits per heavy atom. The third-order valence-electron chi connectivity index (χ3n) is 6.40. The van der Waals surface area contributed by atoms with Gasteiger partial charge in [-0.05, 0) is 43.5 Å². The van der Waals surface area contributed by atoms with Gasteiger partial charge in [-0.2, -0.15) is 18.2 Å². The Balaban J connectivity index is 1.44. The number of halogens is 2. The molecular weight excluding hydrogens is 470 g/mol. The Morgan fingerprint density at radius 3 is 2.79 bits per heavy atom.